The van der Waals surface area contributed by atoms with Crippen molar-refractivity contribution < 1.29 is 9.18 Å². The fourth-order valence-electron chi connectivity index (χ4n) is 3.39. The molecule has 0 saturated heterocycles. The normalized spacial score (nSPS) is 11.5. The van der Waals surface area contributed by atoms with Gasteiger partial charge in [0, 0.05) is 29.2 Å². The average molecular weight is 344 g/mol. The van der Waals surface area contributed by atoms with E-state index >= 15 is 0 Å². The highest BCUT2D eigenvalue weighted by Crippen LogP contribution is 2.24. The van der Waals surface area contributed by atoms with E-state index in [-0.39, 0.29) is 11.6 Å². The van der Waals surface area contributed by atoms with E-state index in [1.165, 1.54) is 12.1 Å². The Morgan fingerprint density at radius 1 is 1.16 bits per heavy atom. The van der Waals surface area contributed by atoms with Gasteiger partial charge in [0.1, 0.15) is 5.82 Å². The first-order valence-electron chi connectivity index (χ1n) is 9.08. The number of benzene rings is 1. The first kappa shape index (κ1) is 19.4. The summed E-state index contributed by atoms with van der Waals surface area (Å²) in [6.45, 7) is 9.75. The Labute approximate surface area is 150 Å². The number of Topliss-reactive ketones (excluding diaryl/α,β-unsaturated/α-hetero) is 1. The second-order valence-electron chi connectivity index (χ2n) is 7.03. The van der Waals surface area contributed by atoms with Gasteiger partial charge in [-0.1, -0.05) is 27.7 Å². The summed E-state index contributed by atoms with van der Waals surface area (Å²) >= 11 is 0. The average Bonchev–Trinajstić information content (AvgIpc) is 2.93. The third-order valence-corrected chi connectivity index (χ3v) is 4.35. The van der Waals surface area contributed by atoms with Crippen LogP contribution >= 0.6 is 0 Å². The summed E-state index contributed by atoms with van der Waals surface area (Å²) in [6.07, 6.45) is 1.58. The van der Waals surface area contributed by atoms with Crippen LogP contribution in [0, 0.1) is 11.7 Å². The second kappa shape index (κ2) is 8.43. The number of hydrogen-bond acceptors (Lipinski definition) is 2. The third kappa shape index (κ3) is 4.57. The van der Waals surface area contributed by atoms with Crippen LogP contribution in [0.25, 0.3) is 5.69 Å². The molecule has 25 heavy (non-hydrogen) atoms. The number of halogens is 1. The molecule has 0 fully saturated rings. The lowest BCUT2D eigenvalue weighted by Crippen LogP contribution is -2.29. The topological polar surface area (TPSA) is 25.2 Å². The van der Waals surface area contributed by atoms with Crippen molar-refractivity contribution in [1.29, 1.82) is 0 Å². The number of carbonyl (C=O) groups is 1. The van der Waals surface area contributed by atoms with Crippen LogP contribution in [-0.4, -0.2) is 35.4 Å². The highest BCUT2D eigenvalue weighted by atomic mass is 19.1. The van der Waals surface area contributed by atoms with E-state index in [1.807, 2.05) is 13.1 Å². The SMILES string of the molecule is CCc1cc(C(=O)CN(C)CC(C)C)c(CC)n1-c1ccc(F)cc1. The van der Waals surface area contributed by atoms with E-state index in [4.69, 9.17) is 0 Å². The Hall–Kier alpha value is -1.94. The van der Waals surface area contributed by atoms with Gasteiger partial charge >= 0.3 is 0 Å². The van der Waals surface area contributed by atoms with Crippen LogP contribution in [0.3, 0.4) is 0 Å². The zero-order valence-corrected chi connectivity index (χ0v) is 16.0. The van der Waals surface area contributed by atoms with Crippen molar-refractivity contribution >= 4 is 5.78 Å². The van der Waals surface area contributed by atoms with Crippen LogP contribution in [0.1, 0.15) is 49.4 Å². The smallest absolute Gasteiger partial charge is 0.178 e. The Balaban J connectivity index is 2.39. The Morgan fingerprint density at radius 2 is 1.80 bits per heavy atom. The molecule has 1 aromatic carbocycles. The molecule has 3 nitrogen and oxygen atoms in total. The van der Waals surface area contributed by atoms with Gasteiger partial charge in [-0.3, -0.25) is 9.69 Å². The molecule has 0 saturated carbocycles. The number of rotatable bonds is 8. The molecule has 0 radical (unpaired) electrons. The lowest BCUT2D eigenvalue weighted by molar-refractivity contribution is 0.0940. The molecular weight excluding hydrogens is 315 g/mol. The molecule has 136 valence electrons. The fraction of sp³-hybridized carbons (Fsp3) is 0.476. The maximum absolute atomic E-state index is 13.3. The predicted octanol–water partition coefficient (Wildman–Crippen LogP) is 4.51. The number of hydrogen-bond donors (Lipinski definition) is 0. The van der Waals surface area contributed by atoms with Crippen LogP contribution in [-0.2, 0) is 12.8 Å². The van der Waals surface area contributed by atoms with Crippen molar-refractivity contribution in [3.8, 4) is 5.69 Å². The molecular formula is C21H29FN2O. The van der Waals surface area contributed by atoms with Crippen LogP contribution in [0.15, 0.2) is 30.3 Å². The van der Waals surface area contributed by atoms with Crippen molar-refractivity contribution in [2.75, 3.05) is 20.1 Å². The number of nitrogens with zero attached hydrogens (tertiary/aromatic N) is 2. The summed E-state index contributed by atoms with van der Waals surface area (Å²) in [5.41, 5.74) is 3.79. The van der Waals surface area contributed by atoms with Crippen LogP contribution in [0.2, 0.25) is 0 Å². The first-order chi connectivity index (χ1) is 11.9. The predicted molar refractivity (Wildman–Crippen MR) is 101 cm³/mol. The Bertz CT molecular complexity index is 716. The van der Waals surface area contributed by atoms with Gasteiger partial charge in [0.15, 0.2) is 5.78 Å². The van der Waals surface area contributed by atoms with Gasteiger partial charge in [0.05, 0.1) is 6.54 Å². The number of carbonyl (C=O) groups excluding carboxylic acids is 1. The highest BCUT2D eigenvalue weighted by Gasteiger charge is 2.20. The molecule has 0 unspecified atom stereocenters. The van der Waals surface area contributed by atoms with Gasteiger partial charge in [-0.05, 0) is 56.1 Å². The van der Waals surface area contributed by atoms with Crippen LogP contribution in [0.5, 0.6) is 0 Å². The first-order valence-corrected chi connectivity index (χ1v) is 9.08. The van der Waals surface area contributed by atoms with E-state index in [0.717, 1.165) is 42.0 Å². The summed E-state index contributed by atoms with van der Waals surface area (Å²) < 4.78 is 15.4. The van der Waals surface area contributed by atoms with Crippen molar-refractivity contribution in [2.24, 2.45) is 5.92 Å². The monoisotopic (exact) mass is 344 g/mol. The molecule has 0 aliphatic heterocycles. The van der Waals surface area contributed by atoms with E-state index in [0.29, 0.717) is 12.5 Å². The molecule has 1 heterocycles. The molecule has 0 bridgehead atoms. The minimum atomic E-state index is -0.251. The van der Waals surface area contributed by atoms with E-state index in [2.05, 4.69) is 37.2 Å². The van der Waals surface area contributed by atoms with Gasteiger partial charge in [-0.2, -0.15) is 0 Å². The van der Waals surface area contributed by atoms with Gasteiger partial charge in [0.2, 0.25) is 0 Å². The van der Waals surface area contributed by atoms with Gasteiger partial charge in [0.25, 0.3) is 0 Å². The largest absolute Gasteiger partial charge is 0.317 e. The molecule has 0 aliphatic carbocycles. The summed E-state index contributed by atoms with van der Waals surface area (Å²) in [5, 5.41) is 0. The van der Waals surface area contributed by atoms with Crippen LogP contribution in [0.4, 0.5) is 4.39 Å². The molecule has 4 heteroatoms. The minimum absolute atomic E-state index is 0.149. The van der Waals surface area contributed by atoms with E-state index in [1.54, 1.807) is 12.1 Å². The quantitative estimate of drug-likeness (QED) is 0.658. The summed E-state index contributed by atoms with van der Waals surface area (Å²) in [6, 6.07) is 8.48. The van der Waals surface area contributed by atoms with Crippen LogP contribution < -0.4 is 0 Å². The maximum atomic E-state index is 13.3. The standard InChI is InChI=1S/C21H29FN2O/c1-6-17-12-19(21(25)14-23(5)13-15(3)4)20(7-2)24(17)18-10-8-16(22)9-11-18/h8-12,15H,6-7,13-14H2,1-5H3. The zero-order valence-electron chi connectivity index (χ0n) is 16.0. The third-order valence-electron chi connectivity index (χ3n) is 4.35. The van der Waals surface area contributed by atoms with E-state index in [9.17, 15) is 9.18 Å². The molecule has 2 aromatic rings. The molecule has 0 spiro atoms. The molecule has 2 rings (SSSR count). The minimum Gasteiger partial charge on any atom is -0.317 e. The number of likely N-dealkylation sites (N-methyl/N-ethyl adjacent to an activating group) is 1. The summed E-state index contributed by atoms with van der Waals surface area (Å²) in [7, 11) is 1.99. The molecule has 0 amide bonds. The van der Waals surface area contributed by atoms with Gasteiger partial charge in [-0.25, -0.2) is 4.39 Å². The number of aryl methyl sites for hydroxylation is 1. The highest BCUT2D eigenvalue weighted by molar-refractivity contribution is 5.99. The molecule has 0 aliphatic rings. The van der Waals surface area contributed by atoms with Crippen molar-refractivity contribution in [3.05, 3.63) is 53.1 Å². The second-order valence-corrected chi connectivity index (χ2v) is 7.03. The maximum Gasteiger partial charge on any atom is 0.178 e. The zero-order chi connectivity index (χ0) is 18.6. The van der Waals surface area contributed by atoms with E-state index < -0.39 is 0 Å². The molecule has 0 N–H and O–H groups in total. The number of aromatic nitrogens is 1. The van der Waals surface area contributed by atoms with Gasteiger partial charge < -0.3 is 4.57 Å². The Kier molecular flexibility index (Phi) is 6.54. The Morgan fingerprint density at radius 3 is 2.32 bits per heavy atom. The number of ketones is 1. The lowest BCUT2D eigenvalue weighted by Gasteiger charge is -2.18. The van der Waals surface area contributed by atoms with Crippen molar-refractivity contribution in [1.82, 2.24) is 9.47 Å². The van der Waals surface area contributed by atoms with Crippen molar-refractivity contribution in [2.45, 2.75) is 40.5 Å². The van der Waals surface area contributed by atoms with Crippen molar-refractivity contribution in [3.63, 3.8) is 0 Å². The summed E-state index contributed by atoms with van der Waals surface area (Å²) in [5.74, 6) is 0.424. The fourth-order valence-corrected chi connectivity index (χ4v) is 3.39. The van der Waals surface area contributed by atoms with Gasteiger partial charge in [-0.15, -0.1) is 0 Å². The lowest BCUT2D eigenvalue weighted by atomic mass is 10.1. The molecule has 0 atom stereocenters. The summed E-state index contributed by atoms with van der Waals surface area (Å²) in [4.78, 5) is 14.9. The molecule has 1 aromatic heterocycles.